The third-order valence-corrected chi connectivity index (χ3v) is 3.43. The number of amides is 1. The van der Waals surface area contributed by atoms with Crippen LogP contribution in [0.2, 0.25) is 0 Å². The first kappa shape index (κ1) is 16.4. The van der Waals surface area contributed by atoms with Crippen molar-refractivity contribution in [1.29, 1.82) is 0 Å². The van der Waals surface area contributed by atoms with Crippen molar-refractivity contribution >= 4 is 11.6 Å². The summed E-state index contributed by atoms with van der Waals surface area (Å²) < 4.78 is 8.56. The molecule has 128 valence electrons. The van der Waals surface area contributed by atoms with E-state index in [2.05, 4.69) is 15.5 Å². The maximum Gasteiger partial charge on any atom is 0.276 e. The summed E-state index contributed by atoms with van der Waals surface area (Å²) in [4.78, 5) is 23.5. The molecule has 0 saturated heterocycles. The molecule has 8 nitrogen and oxygen atoms in total. The van der Waals surface area contributed by atoms with Gasteiger partial charge in [0, 0.05) is 37.3 Å². The third-order valence-electron chi connectivity index (χ3n) is 3.43. The lowest BCUT2D eigenvalue weighted by Crippen LogP contribution is -2.23. The summed E-state index contributed by atoms with van der Waals surface area (Å²) in [6, 6.07) is 11.6. The number of carbonyl (C=O) groups is 1. The molecule has 2 aromatic heterocycles. The van der Waals surface area contributed by atoms with Gasteiger partial charge in [-0.15, -0.1) is 0 Å². The first-order valence-corrected chi connectivity index (χ1v) is 7.68. The maximum absolute atomic E-state index is 12.2. The highest BCUT2D eigenvalue weighted by Crippen LogP contribution is 2.17. The van der Waals surface area contributed by atoms with Crippen LogP contribution in [-0.2, 0) is 13.6 Å². The van der Waals surface area contributed by atoms with Gasteiger partial charge in [-0.1, -0.05) is 6.07 Å². The van der Waals surface area contributed by atoms with Gasteiger partial charge < -0.3 is 10.1 Å². The average Bonchev–Trinajstić information content (AvgIpc) is 3.11. The Kier molecular flexibility index (Phi) is 4.89. The van der Waals surface area contributed by atoms with E-state index in [9.17, 15) is 9.59 Å². The van der Waals surface area contributed by atoms with E-state index in [-0.39, 0.29) is 11.3 Å². The number of benzene rings is 1. The van der Waals surface area contributed by atoms with E-state index >= 15 is 0 Å². The van der Waals surface area contributed by atoms with Crippen LogP contribution in [0, 0.1) is 0 Å². The Bertz CT molecular complexity index is 918. The van der Waals surface area contributed by atoms with Crippen molar-refractivity contribution in [2.75, 3.05) is 11.9 Å². The molecular weight excluding hydrogens is 322 g/mol. The number of anilines is 1. The normalized spacial score (nSPS) is 10.4. The number of nitrogens with zero attached hydrogens (tertiary/aromatic N) is 4. The molecule has 0 fully saturated rings. The highest BCUT2D eigenvalue weighted by Gasteiger charge is 2.09. The van der Waals surface area contributed by atoms with Crippen LogP contribution in [0.15, 0.2) is 59.7 Å². The Labute approximate surface area is 143 Å². The zero-order chi connectivity index (χ0) is 17.6. The SMILES string of the molecule is Cn1nc(C(=O)Nc2cccc(OCCn3cccn3)c2)ccc1=O. The van der Waals surface area contributed by atoms with Crippen molar-refractivity contribution in [1.82, 2.24) is 19.6 Å². The highest BCUT2D eigenvalue weighted by atomic mass is 16.5. The van der Waals surface area contributed by atoms with Crippen LogP contribution in [0.4, 0.5) is 5.69 Å². The maximum atomic E-state index is 12.2. The van der Waals surface area contributed by atoms with E-state index in [1.807, 2.05) is 18.3 Å². The largest absolute Gasteiger partial charge is 0.492 e. The van der Waals surface area contributed by atoms with Crippen molar-refractivity contribution in [2.24, 2.45) is 7.05 Å². The van der Waals surface area contributed by atoms with Crippen LogP contribution in [0.3, 0.4) is 0 Å². The number of rotatable bonds is 6. The van der Waals surface area contributed by atoms with Gasteiger partial charge in [-0.25, -0.2) is 4.68 Å². The van der Waals surface area contributed by atoms with Crippen molar-refractivity contribution in [3.63, 3.8) is 0 Å². The molecule has 1 N–H and O–H groups in total. The highest BCUT2D eigenvalue weighted by molar-refractivity contribution is 6.02. The number of ether oxygens (including phenoxy) is 1. The molecule has 1 amide bonds. The number of aryl methyl sites for hydroxylation is 1. The zero-order valence-corrected chi connectivity index (χ0v) is 13.6. The van der Waals surface area contributed by atoms with E-state index in [4.69, 9.17) is 4.74 Å². The van der Waals surface area contributed by atoms with Crippen molar-refractivity contribution in [3.05, 3.63) is 70.9 Å². The van der Waals surface area contributed by atoms with Crippen molar-refractivity contribution in [2.45, 2.75) is 6.54 Å². The molecule has 0 unspecified atom stereocenters. The summed E-state index contributed by atoms with van der Waals surface area (Å²) in [7, 11) is 1.49. The first-order chi connectivity index (χ1) is 12.1. The predicted molar refractivity (Wildman–Crippen MR) is 91.6 cm³/mol. The molecule has 3 rings (SSSR count). The van der Waals surface area contributed by atoms with E-state index < -0.39 is 5.91 Å². The molecular formula is C17H17N5O3. The van der Waals surface area contributed by atoms with Gasteiger partial charge in [-0.05, 0) is 24.3 Å². The summed E-state index contributed by atoms with van der Waals surface area (Å²) in [6.45, 7) is 1.09. The molecule has 8 heteroatoms. The summed E-state index contributed by atoms with van der Waals surface area (Å²) in [5.41, 5.74) is 0.466. The number of carbonyl (C=O) groups excluding carboxylic acids is 1. The average molecular weight is 339 g/mol. The standard InChI is InChI=1S/C17H17N5O3/c1-21-16(23)7-6-15(20-21)17(24)19-13-4-2-5-14(12-13)25-11-10-22-9-3-8-18-22/h2-9,12H,10-11H2,1H3,(H,19,24). The molecule has 0 aliphatic rings. The fourth-order valence-corrected chi connectivity index (χ4v) is 2.17. The van der Waals surface area contributed by atoms with Crippen LogP contribution in [0.25, 0.3) is 0 Å². The Morgan fingerprint density at radius 1 is 1.24 bits per heavy atom. The minimum absolute atomic E-state index is 0.159. The summed E-state index contributed by atoms with van der Waals surface area (Å²) in [6.07, 6.45) is 3.57. The molecule has 0 spiro atoms. The minimum atomic E-state index is -0.399. The zero-order valence-electron chi connectivity index (χ0n) is 13.6. The number of hydrogen-bond donors (Lipinski definition) is 1. The molecule has 1 aromatic carbocycles. The fraction of sp³-hybridized carbons (Fsp3) is 0.176. The van der Waals surface area contributed by atoms with Crippen molar-refractivity contribution in [3.8, 4) is 5.75 Å². The van der Waals surface area contributed by atoms with Gasteiger partial charge in [-0.2, -0.15) is 10.2 Å². The lowest BCUT2D eigenvalue weighted by molar-refractivity contribution is 0.102. The summed E-state index contributed by atoms with van der Waals surface area (Å²) >= 11 is 0. The van der Waals surface area contributed by atoms with Crippen LogP contribution < -0.4 is 15.6 Å². The van der Waals surface area contributed by atoms with Gasteiger partial charge in [0.25, 0.3) is 11.5 Å². The number of nitrogens with one attached hydrogen (secondary N) is 1. The fourth-order valence-electron chi connectivity index (χ4n) is 2.17. The van der Waals surface area contributed by atoms with Crippen LogP contribution >= 0.6 is 0 Å². The summed E-state index contributed by atoms with van der Waals surface area (Å²) in [5.74, 6) is 0.239. The smallest absolute Gasteiger partial charge is 0.276 e. The molecule has 0 radical (unpaired) electrons. The van der Waals surface area contributed by atoms with Gasteiger partial charge in [0.2, 0.25) is 0 Å². The van der Waals surface area contributed by atoms with Crippen LogP contribution in [-0.4, -0.2) is 32.1 Å². The Hall–Kier alpha value is -3.42. The quantitative estimate of drug-likeness (QED) is 0.731. The lowest BCUT2D eigenvalue weighted by atomic mass is 10.3. The molecule has 2 heterocycles. The van der Waals surface area contributed by atoms with E-state index in [0.717, 1.165) is 4.68 Å². The van der Waals surface area contributed by atoms with Crippen LogP contribution in [0.5, 0.6) is 5.75 Å². The minimum Gasteiger partial charge on any atom is -0.492 e. The summed E-state index contributed by atoms with van der Waals surface area (Å²) in [5, 5.41) is 10.8. The second kappa shape index (κ2) is 7.43. The first-order valence-electron chi connectivity index (χ1n) is 7.68. The molecule has 0 aliphatic carbocycles. The Morgan fingerprint density at radius 2 is 2.12 bits per heavy atom. The molecule has 0 saturated carbocycles. The van der Waals surface area contributed by atoms with Crippen molar-refractivity contribution < 1.29 is 9.53 Å². The van der Waals surface area contributed by atoms with Crippen LogP contribution in [0.1, 0.15) is 10.5 Å². The van der Waals surface area contributed by atoms with E-state index in [1.165, 1.54) is 19.2 Å². The second-order valence-electron chi connectivity index (χ2n) is 5.28. The Balaban J connectivity index is 1.61. The molecule has 3 aromatic rings. The molecule has 25 heavy (non-hydrogen) atoms. The molecule has 0 bridgehead atoms. The third kappa shape index (κ3) is 4.31. The van der Waals surface area contributed by atoms with Gasteiger partial charge in [0.15, 0.2) is 0 Å². The number of hydrogen-bond acceptors (Lipinski definition) is 5. The van der Waals surface area contributed by atoms with Gasteiger partial charge in [0.1, 0.15) is 18.1 Å². The Morgan fingerprint density at radius 3 is 2.88 bits per heavy atom. The van der Waals surface area contributed by atoms with Gasteiger partial charge >= 0.3 is 0 Å². The van der Waals surface area contributed by atoms with Gasteiger partial charge in [-0.3, -0.25) is 14.3 Å². The molecule has 0 aliphatic heterocycles. The monoisotopic (exact) mass is 339 g/mol. The lowest BCUT2D eigenvalue weighted by Gasteiger charge is -2.09. The predicted octanol–water partition coefficient (Wildman–Crippen LogP) is 1.31. The molecule has 0 atom stereocenters. The van der Waals surface area contributed by atoms with Gasteiger partial charge in [0.05, 0.1) is 6.54 Å². The second-order valence-corrected chi connectivity index (χ2v) is 5.28. The topological polar surface area (TPSA) is 91.0 Å². The van der Waals surface area contributed by atoms with E-state index in [0.29, 0.717) is 24.6 Å². The number of aromatic nitrogens is 4. The van der Waals surface area contributed by atoms with E-state index in [1.54, 1.807) is 29.1 Å².